The molecule has 0 aliphatic carbocycles. The fraction of sp³-hybridized carbons (Fsp3) is 0.533. The molecule has 0 heterocycles. The zero-order chi connectivity index (χ0) is 15.2. The van der Waals surface area contributed by atoms with Gasteiger partial charge in [0, 0.05) is 0 Å². The lowest BCUT2D eigenvalue weighted by Crippen LogP contribution is -2.41. The molecule has 0 amide bonds. The van der Waals surface area contributed by atoms with Crippen molar-refractivity contribution in [2.45, 2.75) is 32.2 Å². The molecular formula is C15H23NO4. The number of hydrogen-bond donors (Lipinski definition) is 2. The first-order valence-electron chi connectivity index (χ1n) is 6.66. The summed E-state index contributed by atoms with van der Waals surface area (Å²) in [5.74, 6) is 0.384. The Morgan fingerprint density at radius 3 is 2.45 bits per heavy atom. The van der Waals surface area contributed by atoms with Gasteiger partial charge in [0.05, 0.1) is 26.2 Å². The van der Waals surface area contributed by atoms with Crippen LogP contribution in [0, 0.1) is 0 Å². The lowest BCUT2D eigenvalue weighted by atomic mass is 9.88. The maximum Gasteiger partial charge on any atom is 0.305 e. The first kappa shape index (κ1) is 16.3. The van der Waals surface area contributed by atoms with Gasteiger partial charge in [0.1, 0.15) is 0 Å². The van der Waals surface area contributed by atoms with E-state index in [2.05, 4.69) is 5.32 Å². The number of aliphatic carboxylic acids is 1. The van der Waals surface area contributed by atoms with E-state index in [-0.39, 0.29) is 6.42 Å². The van der Waals surface area contributed by atoms with Gasteiger partial charge in [0.25, 0.3) is 0 Å². The smallest absolute Gasteiger partial charge is 0.305 e. The fourth-order valence-corrected chi connectivity index (χ4v) is 2.15. The predicted octanol–water partition coefficient (Wildman–Crippen LogP) is 2.39. The molecule has 1 aromatic carbocycles. The highest BCUT2D eigenvalue weighted by Crippen LogP contribution is 2.33. The van der Waals surface area contributed by atoms with Crippen LogP contribution in [0.5, 0.6) is 11.5 Å². The minimum absolute atomic E-state index is 0.00246. The van der Waals surface area contributed by atoms with Gasteiger partial charge in [-0.1, -0.05) is 13.0 Å². The van der Waals surface area contributed by atoms with Crippen LogP contribution in [0.4, 0.5) is 0 Å². The van der Waals surface area contributed by atoms with Crippen LogP contribution in [-0.4, -0.2) is 31.8 Å². The zero-order valence-electron chi connectivity index (χ0n) is 12.5. The number of carbonyl (C=O) groups is 1. The molecule has 0 saturated heterocycles. The molecule has 112 valence electrons. The van der Waals surface area contributed by atoms with Crippen molar-refractivity contribution in [1.82, 2.24) is 5.32 Å². The van der Waals surface area contributed by atoms with Gasteiger partial charge in [0.2, 0.25) is 0 Å². The number of carboxylic acids is 1. The molecule has 0 aromatic heterocycles. The second-order valence-corrected chi connectivity index (χ2v) is 4.90. The van der Waals surface area contributed by atoms with Crippen molar-refractivity contribution in [3.63, 3.8) is 0 Å². The summed E-state index contributed by atoms with van der Waals surface area (Å²) < 4.78 is 10.5. The Kier molecular flexibility index (Phi) is 5.82. The van der Waals surface area contributed by atoms with Crippen LogP contribution in [-0.2, 0) is 10.3 Å². The van der Waals surface area contributed by atoms with Gasteiger partial charge in [-0.25, -0.2) is 0 Å². The van der Waals surface area contributed by atoms with Crippen LogP contribution in [0.15, 0.2) is 18.2 Å². The van der Waals surface area contributed by atoms with E-state index in [1.165, 1.54) is 0 Å². The van der Waals surface area contributed by atoms with Crippen LogP contribution < -0.4 is 14.8 Å². The largest absolute Gasteiger partial charge is 0.493 e. The van der Waals surface area contributed by atoms with Crippen molar-refractivity contribution in [1.29, 1.82) is 0 Å². The van der Waals surface area contributed by atoms with E-state index in [4.69, 9.17) is 14.6 Å². The first-order valence-corrected chi connectivity index (χ1v) is 6.66. The monoisotopic (exact) mass is 281 g/mol. The van der Waals surface area contributed by atoms with Crippen molar-refractivity contribution in [3.05, 3.63) is 23.8 Å². The first-order chi connectivity index (χ1) is 9.46. The summed E-state index contributed by atoms with van der Waals surface area (Å²) in [6, 6.07) is 5.49. The number of hydrogen-bond acceptors (Lipinski definition) is 4. The Hall–Kier alpha value is -1.75. The third-order valence-corrected chi connectivity index (χ3v) is 3.29. The van der Waals surface area contributed by atoms with Crippen LogP contribution in [0.3, 0.4) is 0 Å². The predicted molar refractivity (Wildman–Crippen MR) is 77.4 cm³/mol. The Bertz CT molecular complexity index is 461. The van der Waals surface area contributed by atoms with E-state index < -0.39 is 11.5 Å². The summed E-state index contributed by atoms with van der Waals surface area (Å²) >= 11 is 0. The number of methoxy groups -OCH3 is 2. The molecule has 0 radical (unpaired) electrons. The number of ether oxygens (including phenoxy) is 2. The molecule has 20 heavy (non-hydrogen) atoms. The molecule has 0 saturated carbocycles. The number of rotatable bonds is 8. The summed E-state index contributed by atoms with van der Waals surface area (Å²) in [7, 11) is 3.14. The highest BCUT2D eigenvalue weighted by atomic mass is 16.5. The van der Waals surface area contributed by atoms with E-state index >= 15 is 0 Å². The van der Waals surface area contributed by atoms with E-state index in [1.807, 2.05) is 26.0 Å². The molecule has 5 nitrogen and oxygen atoms in total. The molecule has 2 N–H and O–H groups in total. The third kappa shape index (κ3) is 3.87. The van der Waals surface area contributed by atoms with Gasteiger partial charge in [-0.2, -0.15) is 0 Å². The minimum Gasteiger partial charge on any atom is -0.493 e. The second kappa shape index (κ2) is 7.14. The van der Waals surface area contributed by atoms with Crippen molar-refractivity contribution < 1.29 is 19.4 Å². The number of nitrogens with one attached hydrogen (secondary N) is 1. The number of carboxylic acid groups (broad SMARTS) is 1. The lowest BCUT2D eigenvalue weighted by Gasteiger charge is -2.30. The van der Waals surface area contributed by atoms with E-state index in [1.54, 1.807) is 20.3 Å². The average Bonchev–Trinajstić information content (AvgIpc) is 2.43. The van der Waals surface area contributed by atoms with E-state index in [9.17, 15) is 4.79 Å². The van der Waals surface area contributed by atoms with Gasteiger partial charge >= 0.3 is 5.97 Å². The van der Waals surface area contributed by atoms with Gasteiger partial charge < -0.3 is 19.9 Å². The van der Waals surface area contributed by atoms with Crippen molar-refractivity contribution in [2.24, 2.45) is 0 Å². The van der Waals surface area contributed by atoms with Crippen molar-refractivity contribution >= 4 is 5.97 Å². The summed E-state index contributed by atoms with van der Waals surface area (Å²) in [6.07, 6.45) is 0.935. The standard InChI is InChI=1S/C15H23NO4/c1-5-8-16-15(2,10-14(17)18)11-6-7-12(19-3)13(9-11)20-4/h6-7,9,16H,5,8,10H2,1-4H3,(H,17,18). The van der Waals surface area contributed by atoms with Crippen LogP contribution in [0.2, 0.25) is 0 Å². The lowest BCUT2D eigenvalue weighted by molar-refractivity contribution is -0.138. The maximum atomic E-state index is 11.1. The topological polar surface area (TPSA) is 67.8 Å². The molecule has 0 bridgehead atoms. The normalized spacial score (nSPS) is 13.6. The quantitative estimate of drug-likeness (QED) is 0.766. The minimum atomic E-state index is -0.842. The molecule has 1 aromatic rings. The van der Waals surface area contributed by atoms with Gasteiger partial charge in [-0.15, -0.1) is 0 Å². The molecule has 0 aliphatic heterocycles. The molecular weight excluding hydrogens is 258 g/mol. The Morgan fingerprint density at radius 1 is 1.30 bits per heavy atom. The van der Waals surface area contributed by atoms with Crippen molar-refractivity contribution in [3.8, 4) is 11.5 Å². The molecule has 1 rings (SSSR count). The molecule has 1 unspecified atom stereocenters. The Labute approximate surface area is 119 Å². The number of benzene rings is 1. The molecule has 0 fully saturated rings. The highest BCUT2D eigenvalue weighted by Gasteiger charge is 2.29. The third-order valence-electron chi connectivity index (χ3n) is 3.29. The van der Waals surface area contributed by atoms with E-state index in [0.717, 1.165) is 18.5 Å². The van der Waals surface area contributed by atoms with Gasteiger partial charge in [-0.3, -0.25) is 4.79 Å². The maximum absolute atomic E-state index is 11.1. The zero-order valence-corrected chi connectivity index (χ0v) is 12.5. The fourth-order valence-electron chi connectivity index (χ4n) is 2.15. The summed E-state index contributed by atoms with van der Waals surface area (Å²) in [4.78, 5) is 11.1. The van der Waals surface area contributed by atoms with Crippen LogP contribution in [0.1, 0.15) is 32.3 Å². The van der Waals surface area contributed by atoms with Gasteiger partial charge in [0.15, 0.2) is 11.5 Å². The van der Waals surface area contributed by atoms with Crippen LogP contribution >= 0.6 is 0 Å². The Balaban J connectivity index is 3.15. The Morgan fingerprint density at radius 2 is 1.95 bits per heavy atom. The van der Waals surface area contributed by atoms with Crippen LogP contribution in [0.25, 0.3) is 0 Å². The molecule has 0 spiro atoms. The summed E-state index contributed by atoms with van der Waals surface area (Å²) in [6.45, 7) is 4.68. The summed E-state index contributed by atoms with van der Waals surface area (Å²) in [5, 5.41) is 12.4. The SMILES string of the molecule is CCCNC(C)(CC(=O)O)c1ccc(OC)c(OC)c1. The molecule has 1 atom stereocenters. The summed E-state index contributed by atoms with van der Waals surface area (Å²) in [5.41, 5.74) is 0.229. The second-order valence-electron chi connectivity index (χ2n) is 4.90. The highest BCUT2D eigenvalue weighted by molar-refractivity contribution is 5.69. The van der Waals surface area contributed by atoms with Crippen molar-refractivity contribution in [2.75, 3.05) is 20.8 Å². The molecule has 0 aliphatic rings. The average molecular weight is 281 g/mol. The van der Waals surface area contributed by atoms with E-state index in [0.29, 0.717) is 11.5 Å². The molecule has 5 heteroatoms. The van der Waals surface area contributed by atoms with Gasteiger partial charge in [-0.05, 0) is 37.6 Å².